The Kier molecular flexibility index (Phi) is 4.52. The van der Waals surface area contributed by atoms with Crippen molar-refractivity contribution in [1.29, 1.82) is 0 Å². The summed E-state index contributed by atoms with van der Waals surface area (Å²) in [6.45, 7) is 0. The molecule has 0 unspecified atom stereocenters. The fourth-order valence-electron chi connectivity index (χ4n) is 2.15. The minimum Gasteiger partial charge on any atom is -0.365 e. The molecular weight excluding hydrogens is 272 g/mol. The molecule has 0 spiro atoms. The third-order valence-corrected chi connectivity index (χ3v) is 3.21. The molecule has 110 valence electrons. The van der Waals surface area contributed by atoms with Crippen molar-refractivity contribution in [3.8, 4) is 0 Å². The lowest BCUT2D eigenvalue weighted by molar-refractivity contribution is 1.05. The van der Waals surface area contributed by atoms with Gasteiger partial charge in [-0.1, -0.05) is 0 Å². The van der Waals surface area contributed by atoms with E-state index < -0.39 is 0 Å². The zero-order chi connectivity index (χ0) is 15.0. The summed E-state index contributed by atoms with van der Waals surface area (Å²) in [5.74, 6) is 0. The van der Waals surface area contributed by atoms with Gasteiger partial charge in [0.15, 0.2) is 0 Å². The summed E-state index contributed by atoms with van der Waals surface area (Å²) in [5, 5.41) is 0. The molecule has 0 saturated heterocycles. The molecule has 0 atom stereocenters. The molecule has 0 bridgehead atoms. The van der Waals surface area contributed by atoms with Crippen molar-refractivity contribution in [2.75, 3.05) is 0 Å². The molecule has 0 fully saturated rings. The SMILES string of the molecule is C1=CC(=Cc2ccc[nH]2)N=C1.c1c[nH]c(Cc2ccc[nH]2)c1. The van der Waals surface area contributed by atoms with E-state index in [2.05, 4.69) is 32.1 Å². The summed E-state index contributed by atoms with van der Waals surface area (Å²) in [4.78, 5) is 13.5. The van der Waals surface area contributed by atoms with Gasteiger partial charge >= 0.3 is 0 Å². The lowest BCUT2D eigenvalue weighted by atomic mass is 10.2. The largest absolute Gasteiger partial charge is 0.365 e. The highest BCUT2D eigenvalue weighted by Gasteiger charge is 1.95. The minimum absolute atomic E-state index is 0.958. The van der Waals surface area contributed by atoms with Crippen LogP contribution in [0, 0.1) is 0 Å². The molecule has 3 aromatic rings. The standard InChI is InChI=1S/C9H10N2.C9H8N2/c2*1-3-8(10-5-1)7-9-4-2-6-11-9/h1-6,10-11H,7H2;1-7,10H. The fourth-order valence-corrected chi connectivity index (χ4v) is 2.15. The van der Waals surface area contributed by atoms with E-state index in [4.69, 9.17) is 0 Å². The van der Waals surface area contributed by atoms with E-state index in [-0.39, 0.29) is 0 Å². The van der Waals surface area contributed by atoms with Crippen molar-refractivity contribution < 1.29 is 0 Å². The zero-order valence-corrected chi connectivity index (χ0v) is 12.2. The van der Waals surface area contributed by atoms with E-state index >= 15 is 0 Å². The van der Waals surface area contributed by atoms with Gasteiger partial charge in [-0.3, -0.25) is 4.99 Å². The van der Waals surface area contributed by atoms with Gasteiger partial charge < -0.3 is 15.0 Å². The molecule has 0 radical (unpaired) electrons. The minimum atomic E-state index is 0.958. The van der Waals surface area contributed by atoms with Crippen LogP contribution in [-0.4, -0.2) is 21.2 Å². The van der Waals surface area contributed by atoms with Crippen LogP contribution in [0.4, 0.5) is 0 Å². The first kappa shape index (κ1) is 13.9. The van der Waals surface area contributed by atoms with Crippen LogP contribution in [0.25, 0.3) is 6.08 Å². The average Bonchev–Trinajstić information content (AvgIpc) is 3.31. The normalized spacial score (nSPS) is 14.3. The number of hydrogen-bond donors (Lipinski definition) is 3. The van der Waals surface area contributed by atoms with Crippen LogP contribution < -0.4 is 0 Å². The number of H-pyrrole nitrogens is 3. The molecule has 1 aliphatic rings. The van der Waals surface area contributed by atoms with Gasteiger partial charge in [0.2, 0.25) is 0 Å². The lowest BCUT2D eigenvalue weighted by Crippen LogP contribution is -1.86. The molecule has 4 nitrogen and oxygen atoms in total. The smallest absolute Gasteiger partial charge is 0.0650 e. The van der Waals surface area contributed by atoms with Crippen molar-refractivity contribution in [3.63, 3.8) is 0 Å². The second-order valence-electron chi connectivity index (χ2n) is 4.90. The van der Waals surface area contributed by atoms with Gasteiger partial charge in [0.05, 0.1) is 5.70 Å². The summed E-state index contributed by atoms with van der Waals surface area (Å²) in [5.41, 5.74) is 4.57. The summed E-state index contributed by atoms with van der Waals surface area (Å²) in [6, 6.07) is 12.2. The van der Waals surface area contributed by atoms with Gasteiger partial charge in [-0.25, -0.2) is 0 Å². The van der Waals surface area contributed by atoms with Crippen molar-refractivity contribution >= 4 is 12.3 Å². The molecule has 3 N–H and O–H groups in total. The first-order chi connectivity index (χ1) is 10.9. The Labute approximate surface area is 129 Å². The molecular formula is C18H18N4. The third kappa shape index (κ3) is 3.99. The van der Waals surface area contributed by atoms with Gasteiger partial charge in [0.1, 0.15) is 0 Å². The third-order valence-electron chi connectivity index (χ3n) is 3.21. The van der Waals surface area contributed by atoms with E-state index in [1.165, 1.54) is 11.4 Å². The number of rotatable bonds is 3. The number of aliphatic imine (C=N–C) groups is 1. The molecule has 4 heteroatoms. The van der Waals surface area contributed by atoms with Gasteiger partial charge in [0.25, 0.3) is 0 Å². The Bertz CT molecular complexity index is 696. The first-order valence-electron chi connectivity index (χ1n) is 7.20. The number of allylic oxidation sites excluding steroid dienone is 2. The van der Waals surface area contributed by atoms with Gasteiger partial charge in [-0.2, -0.15) is 0 Å². The summed E-state index contributed by atoms with van der Waals surface area (Å²) in [7, 11) is 0. The molecule has 0 amide bonds. The second kappa shape index (κ2) is 7.13. The molecule has 4 rings (SSSR count). The van der Waals surface area contributed by atoms with E-state index in [1.54, 1.807) is 6.21 Å². The number of nitrogens with one attached hydrogen (secondary N) is 3. The topological polar surface area (TPSA) is 59.7 Å². The number of nitrogens with zero attached hydrogens (tertiary/aromatic N) is 1. The number of hydrogen-bond acceptors (Lipinski definition) is 1. The highest BCUT2D eigenvalue weighted by molar-refractivity contribution is 5.79. The molecule has 0 saturated carbocycles. The van der Waals surface area contributed by atoms with Crippen LogP contribution in [0.3, 0.4) is 0 Å². The number of aromatic amines is 3. The predicted molar refractivity (Wildman–Crippen MR) is 90.8 cm³/mol. The Morgan fingerprint density at radius 1 is 0.864 bits per heavy atom. The van der Waals surface area contributed by atoms with Crippen LogP contribution >= 0.6 is 0 Å². The van der Waals surface area contributed by atoms with Crippen LogP contribution in [0.1, 0.15) is 17.1 Å². The second-order valence-corrected chi connectivity index (χ2v) is 4.90. The van der Waals surface area contributed by atoms with Crippen molar-refractivity contribution in [2.24, 2.45) is 4.99 Å². The van der Waals surface area contributed by atoms with E-state index in [0.717, 1.165) is 17.8 Å². The maximum atomic E-state index is 4.12. The van der Waals surface area contributed by atoms with Crippen molar-refractivity contribution in [2.45, 2.75) is 6.42 Å². The molecule has 4 heterocycles. The van der Waals surface area contributed by atoms with Crippen molar-refractivity contribution in [1.82, 2.24) is 15.0 Å². The molecule has 22 heavy (non-hydrogen) atoms. The van der Waals surface area contributed by atoms with Gasteiger partial charge in [-0.05, 0) is 54.6 Å². The maximum Gasteiger partial charge on any atom is 0.0650 e. The maximum absolute atomic E-state index is 4.12. The van der Waals surface area contributed by atoms with Crippen LogP contribution in [0.5, 0.6) is 0 Å². The molecule has 1 aliphatic heterocycles. The summed E-state index contributed by atoms with van der Waals surface area (Å²) in [6.07, 6.45) is 14.4. The molecule has 3 aromatic heterocycles. The lowest BCUT2D eigenvalue weighted by Gasteiger charge is -1.92. The van der Waals surface area contributed by atoms with E-state index in [9.17, 15) is 0 Å². The Morgan fingerprint density at radius 2 is 1.55 bits per heavy atom. The Hall–Kier alpha value is -3.01. The van der Waals surface area contributed by atoms with Crippen LogP contribution in [0.15, 0.2) is 77.8 Å². The highest BCUT2D eigenvalue weighted by Crippen LogP contribution is 2.09. The highest BCUT2D eigenvalue weighted by atomic mass is 14.7. The van der Waals surface area contributed by atoms with Gasteiger partial charge in [0, 0.05) is 48.3 Å². The molecule has 0 aromatic carbocycles. The summed E-state index contributed by atoms with van der Waals surface area (Å²) < 4.78 is 0. The van der Waals surface area contributed by atoms with Crippen LogP contribution in [-0.2, 0) is 6.42 Å². The summed E-state index contributed by atoms with van der Waals surface area (Å²) >= 11 is 0. The van der Waals surface area contributed by atoms with Crippen molar-refractivity contribution in [3.05, 3.63) is 89.9 Å². The predicted octanol–water partition coefficient (Wildman–Crippen LogP) is 3.93. The molecule has 0 aliphatic carbocycles. The van der Waals surface area contributed by atoms with E-state index in [1.807, 2.05) is 61.1 Å². The quantitative estimate of drug-likeness (QED) is 0.654. The fraction of sp³-hybridized carbons (Fsp3) is 0.0556. The van der Waals surface area contributed by atoms with E-state index in [0.29, 0.717) is 0 Å². The monoisotopic (exact) mass is 290 g/mol. The average molecular weight is 290 g/mol. The van der Waals surface area contributed by atoms with Gasteiger partial charge in [-0.15, -0.1) is 0 Å². The Morgan fingerprint density at radius 3 is 2.05 bits per heavy atom. The Balaban J connectivity index is 0.000000131. The first-order valence-corrected chi connectivity index (χ1v) is 7.20. The number of aromatic nitrogens is 3. The zero-order valence-electron chi connectivity index (χ0n) is 12.2. The van der Waals surface area contributed by atoms with Crippen LogP contribution in [0.2, 0.25) is 0 Å².